The minimum Gasteiger partial charge on any atom is -0.505 e. The lowest BCUT2D eigenvalue weighted by Gasteiger charge is -2.13. The minimum absolute atomic E-state index is 0.0357. The van der Waals surface area contributed by atoms with E-state index in [0.29, 0.717) is 0 Å². The predicted molar refractivity (Wildman–Crippen MR) is 85.1 cm³/mol. The third-order valence-electron chi connectivity index (χ3n) is 3.22. The van der Waals surface area contributed by atoms with Gasteiger partial charge in [0, 0.05) is 17.8 Å². The molecule has 5 nitrogen and oxygen atoms in total. The van der Waals surface area contributed by atoms with Gasteiger partial charge in [0.2, 0.25) is 5.95 Å². The molecule has 3 N–H and O–H groups in total. The van der Waals surface area contributed by atoms with E-state index in [9.17, 15) is 18.3 Å². The van der Waals surface area contributed by atoms with Gasteiger partial charge in [-0.1, -0.05) is 23.2 Å². The lowest BCUT2D eigenvalue weighted by Crippen LogP contribution is -2.14. The maximum Gasteiger partial charge on any atom is 0.433 e. The molecule has 0 radical (unpaired) electrons. The Morgan fingerprint density at radius 2 is 1.71 bits per heavy atom. The van der Waals surface area contributed by atoms with E-state index >= 15 is 0 Å². The van der Waals surface area contributed by atoms with Gasteiger partial charge >= 0.3 is 6.18 Å². The molecule has 1 aromatic carbocycles. The molecule has 1 aliphatic rings. The number of nitrogens with one attached hydrogen (secondary N) is 2. The molecule has 1 saturated carbocycles. The minimum atomic E-state index is -4.61. The summed E-state index contributed by atoms with van der Waals surface area (Å²) in [7, 11) is 0. The van der Waals surface area contributed by atoms with Gasteiger partial charge in [-0.3, -0.25) is 0 Å². The smallest absolute Gasteiger partial charge is 0.433 e. The summed E-state index contributed by atoms with van der Waals surface area (Å²) in [4.78, 5) is 7.52. The van der Waals surface area contributed by atoms with Crippen LogP contribution in [0.1, 0.15) is 18.5 Å². The fourth-order valence-electron chi connectivity index (χ4n) is 1.92. The Morgan fingerprint density at radius 3 is 2.25 bits per heavy atom. The van der Waals surface area contributed by atoms with Crippen LogP contribution in [0.3, 0.4) is 0 Å². The Hall–Kier alpha value is -1.93. The standard InChI is InChI=1S/C14H11Cl2F3N4O/c15-8-3-7(4-9(16)12(8)24)20-11-5-10(14(17,18)19)22-13(23-11)21-6-1-2-6/h3-6,24H,1-2H2,(H2,20,21,22,23). The van der Waals surface area contributed by atoms with Crippen molar-refractivity contribution in [2.24, 2.45) is 0 Å². The second-order valence-electron chi connectivity index (χ2n) is 5.29. The number of benzene rings is 1. The Bertz CT molecular complexity index is 758. The average molecular weight is 379 g/mol. The van der Waals surface area contributed by atoms with Crippen LogP contribution in [0.25, 0.3) is 0 Å². The van der Waals surface area contributed by atoms with Gasteiger partial charge in [-0.2, -0.15) is 18.2 Å². The first-order valence-electron chi connectivity index (χ1n) is 6.90. The van der Waals surface area contributed by atoms with Crippen LogP contribution in [0.15, 0.2) is 18.2 Å². The highest BCUT2D eigenvalue weighted by Crippen LogP contribution is 2.36. The average Bonchev–Trinajstić information content (AvgIpc) is 3.27. The predicted octanol–water partition coefficient (Wildman–Crippen LogP) is 4.83. The normalized spacial score (nSPS) is 14.5. The van der Waals surface area contributed by atoms with Gasteiger partial charge in [-0.15, -0.1) is 0 Å². The van der Waals surface area contributed by atoms with Crippen molar-refractivity contribution in [3.05, 3.63) is 33.9 Å². The number of alkyl halides is 3. The van der Waals surface area contributed by atoms with Crippen molar-refractivity contribution in [3.63, 3.8) is 0 Å². The van der Waals surface area contributed by atoms with Crippen molar-refractivity contribution in [2.45, 2.75) is 25.1 Å². The van der Waals surface area contributed by atoms with Crippen molar-refractivity contribution in [2.75, 3.05) is 10.6 Å². The van der Waals surface area contributed by atoms with E-state index in [1.807, 2.05) is 0 Å². The maximum atomic E-state index is 13.0. The molecule has 0 atom stereocenters. The molecule has 3 rings (SSSR count). The molecule has 2 aromatic rings. The van der Waals surface area contributed by atoms with E-state index in [0.717, 1.165) is 18.9 Å². The first-order valence-corrected chi connectivity index (χ1v) is 7.66. The molecule has 10 heteroatoms. The fraction of sp³-hybridized carbons (Fsp3) is 0.286. The molecule has 0 saturated heterocycles. The van der Waals surface area contributed by atoms with Crippen LogP contribution in [-0.4, -0.2) is 21.1 Å². The van der Waals surface area contributed by atoms with Crippen molar-refractivity contribution in [1.29, 1.82) is 0 Å². The van der Waals surface area contributed by atoms with Gasteiger partial charge in [0.1, 0.15) is 5.82 Å². The third-order valence-corrected chi connectivity index (χ3v) is 3.79. The summed E-state index contributed by atoms with van der Waals surface area (Å²) in [5, 5.41) is 15.0. The maximum absolute atomic E-state index is 13.0. The molecule has 24 heavy (non-hydrogen) atoms. The lowest BCUT2D eigenvalue weighted by molar-refractivity contribution is -0.141. The molecule has 0 spiro atoms. The largest absolute Gasteiger partial charge is 0.505 e. The van der Waals surface area contributed by atoms with Crippen LogP contribution >= 0.6 is 23.2 Å². The van der Waals surface area contributed by atoms with E-state index < -0.39 is 11.9 Å². The molecule has 1 aromatic heterocycles. The number of halogens is 5. The second-order valence-corrected chi connectivity index (χ2v) is 6.11. The van der Waals surface area contributed by atoms with Crippen LogP contribution < -0.4 is 10.6 Å². The van der Waals surface area contributed by atoms with E-state index in [-0.39, 0.29) is 39.3 Å². The van der Waals surface area contributed by atoms with Crippen LogP contribution in [0.4, 0.5) is 30.6 Å². The quantitative estimate of drug-likeness (QED) is 0.665. The number of aromatic hydroxyl groups is 1. The molecule has 0 amide bonds. The summed E-state index contributed by atoms with van der Waals surface area (Å²) in [5.41, 5.74) is -0.786. The van der Waals surface area contributed by atoms with Crippen LogP contribution in [0, 0.1) is 0 Å². The van der Waals surface area contributed by atoms with Gasteiger partial charge in [-0.25, -0.2) is 4.98 Å². The topological polar surface area (TPSA) is 70.1 Å². The van der Waals surface area contributed by atoms with E-state index in [4.69, 9.17) is 23.2 Å². The zero-order chi connectivity index (χ0) is 17.5. The van der Waals surface area contributed by atoms with Gasteiger partial charge < -0.3 is 15.7 Å². The SMILES string of the molecule is Oc1c(Cl)cc(Nc2cc(C(F)(F)F)nc(NC3CC3)n2)cc1Cl. The second kappa shape index (κ2) is 6.18. The highest BCUT2D eigenvalue weighted by atomic mass is 35.5. The molecule has 1 fully saturated rings. The summed E-state index contributed by atoms with van der Waals surface area (Å²) < 4.78 is 39.0. The zero-order valence-electron chi connectivity index (χ0n) is 12.0. The van der Waals surface area contributed by atoms with Gasteiger partial charge in [0.15, 0.2) is 11.4 Å². The molecule has 0 unspecified atom stereocenters. The number of hydrogen-bond donors (Lipinski definition) is 3. The van der Waals surface area contributed by atoms with Crippen molar-refractivity contribution in [3.8, 4) is 5.75 Å². The van der Waals surface area contributed by atoms with Crippen LogP contribution in [-0.2, 0) is 6.18 Å². The number of aromatic nitrogens is 2. The van der Waals surface area contributed by atoms with Gasteiger partial charge in [-0.05, 0) is 25.0 Å². The molecular formula is C14H11Cl2F3N4O. The monoisotopic (exact) mass is 378 g/mol. The molecular weight excluding hydrogens is 368 g/mol. The first kappa shape index (κ1) is 16.9. The summed E-state index contributed by atoms with van der Waals surface area (Å²) in [6.07, 6.45) is -2.87. The Labute approximate surface area is 144 Å². The Morgan fingerprint density at radius 1 is 1.08 bits per heavy atom. The summed E-state index contributed by atoms with van der Waals surface area (Å²) in [6.45, 7) is 0. The fourth-order valence-corrected chi connectivity index (χ4v) is 2.40. The first-order chi connectivity index (χ1) is 11.2. The molecule has 128 valence electrons. The van der Waals surface area contributed by atoms with Crippen molar-refractivity contribution in [1.82, 2.24) is 9.97 Å². The number of hydrogen-bond acceptors (Lipinski definition) is 5. The van der Waals surface area contributed by atoms with E-state index in [2.05, 4.69) is 20.6 Å². The molecule has 1 aliphatic carbocycles. The summed E-state index contributed by atoms with van der Waals surface area (Å²) in [5.74, 6) is -0.484. The summed E-state index contributed by atoms with van der Waals surface area (Å²) >= 11 is 11.6. The zero-order valence-corrected chi connectivity index (χ0v) is 13.5. The Balaban J connectivity index is 1.94. The summed E-state index contributed by atoms with van der Waals surface area (Å²) in [6, 6.07) is 3.53. The molecule has 0 bridgehead atoms. The van der Waals surface area contributed by atoms with Crippen LogP contribution in [0.2, 0.25) is 10.0 Å². The van der Waals surface area contributed by atoms with Gasteiger partial charge in [0.05, 0.1) is 10.0 Å². The highest BCUT2D eigenvalue weighted by Gasteiger charge is 2.34. The van der Waals surface area contributed by atoms with Crippen molar-refractivity contribution < 1.29 is 18.3 Å². The third kappa shape index (κ3) is 3.93. The number of anilines is 3. The van der Waals surface area contributed by atoms with Crippen LogP contribution in [0.5, 0.6) is 5.75 Å². The Kier molecular flexibility index (Phi) is 4.35. The number of nitrogens with zero attached hydrogens (tertiary/aromatic N) is 2. The van der Waals surface area contributed by atoms with Crippen molar-refractivity contribution >= 4 is 40.7 Å². The number of phenolic OH excluding ortho intramolecular Hbond substituents is 1. The van der Waals surface area contributed by atoms with E-state index in [1.165, 1.54) is 12.1 Å². The van der Waals surface area contributed by atoms with E-state index in [1.54, 1.807) is 0 Å². The number of rotatable bonds is 4. The number of phenols is 1. The molecule has 1 heterocycles. The highest BCUT2D eigenvalue weighted by molar-refractivity contribution is 6.37. The lowest BCUT2D eigenvalue weighted by atomic mass is 10.3. The molecule has 0 aliphatic heterocycles. The van der Waals surface area contributed by atoms with Gasteiger partial charge in [0.25, 0.3) is 0 Å².